The van der Waals surface area contributed by atoms with Crippen molar-refractivity contribution in [2.75, 3.05) is 13.2 Å². The zero-order chi connectivity index (χ0) is 24.1. The van der Waals surface area contributed by atoms with Gasteiger partial charge in [-0.05, 0) is 41.5 Å². The lowest BCUT2D eigenvalue weighted by molar-refractivity contribution is -0.144. The van der Waals surface area contributed by atoms with E-state index in [0.29, 0.717) is 12.8 Å². The van der Waals surface area contributed by atoms with Crippen LogP contribution in [0.5, 0.6) is 0 Å². The Labute approximate surface area is 198 Å². The smallest absolute Gasteiger partial charge is 0.407 e. The molecule has 2 amide bonds. The maximum absolute atomic E-state index is 12.3. The number of nitrogens with one attached hydrogen (secondary N) is 2. The Hall–Kier alpha value is -3.65. The molecule has 1 aliphatic heterocycles. The third kappa shape index (κ3) is 5.12. The molecule has 0 saturated carbocycles. The highest BCUT2D eigenvalue weighted by molar-refractivity contribution is 5.86. The molecule has 1 fully saturated rings. The van der Waals surface area contributed by atoms with Crippen molar-refractivity contribution in [3.8, 4) is 11.1 Å². The Bertz CT molecular complexity index is 1040. The van der Waals surface area contributed by atoms with Gasteiger partial charge >= 0.3 is 12.1 Å². The van der Waals surface area contributed by atoms with Crippen LogP contribution in [-0.2, 0) is 19.1 Å². The van der Waals surface area contributed by atoms with Crippen molar-refractivity contribution in [1.29, 1.82) is 0 Å². The highest BCUT2D eigenvalue weighted by Gasteiger charge is 2.33. The fraction of sp³-hybridized carbons (Fsp3) is 0.346. The molecule has 8 nitrogen and oxygen atoms in total. The first kappa shape index (κ1) is 23.5. The molecule has 0 radical (unpaired) electrons. The first-order valence-corrected chi connectivity index (χ1v) is 11.4. The third-order valence-corrected chi connectivity index (χ3v) is 6.23. The van der Waals surface area contributed by atoms with Crippen LogP contribution >= 0.6 is 0 Å². The van der Waals surface area contributed by atoms with Gasteiger partial charge in [-0.25, -0.2) is 9.59 Å². The predicted molar refractivity (Wildman–Crippen MR) is 125 cm³/mol. The number of hydrogen-bond donors (Lipinski definition) is 3. The number of alkyl carbamates (subject to hydrolysis) is 1. The molecule has 1 saturated heterocycles. The first-order valence-electron chi connectivity index (χ1n) is 11.4. The van der Waals surface area contributed by atoms with Crippen molar-refractivity contribution >= 4 is 18.0 Å². The van der Waals surface area contributed by atoms with E-state index in [-0.39, 0.29) is 31.6 Å². The number of carbonyl (C=O) groups excluding carboxylic acids is 2. The number of carbonyl (C=O) groups is 3. The largest absolute Gasteiger partial charge is 0.480 e. The van der Waals surface area contributed by atoms with Crippen LogP contribution in [0.1, 0.15) is 36.3 Å². The first-order chi connectivity index (χ1) is 16.5. The van der Waals surface area contributed by atoms with Gasteiger partial charge in [-0.3, -0.25) is 4.79 Å². The van der Waals surface area contributed by atoms with Crippen LogP contribution in [0.4, 0.5) is 4.79 Å². The molecule has 1 aliphatic carbocycles. The molecule has 2 aromatic carbocycles. The second-order valence-electron chi connectivity index (χ2n) is 8.45. The van der Waals surface area contributed by atoms with E-state index in [1.54, 1.807) is 0 Å². The number of benzene rings is 2. The van der Waals surface area contributed by atoms with Crippen molar-refractivity contribution in [3.05, 3.63) is 72.3 Å². The number of carboxylic acid groups (broad SMARTS) is 1. The highest BCUT2D eigenvalue weighted by Crippen LogP contribution is 2.44. The molecule has 1 heterocycles. The minimum Gasteiger partial charge on any atom is -0.480 e. The fourth-order valence-electron chi connectivity index (χ4n) is 4.55. The van der Waals surface area contributed by atoms with Crippen molar-refractivity contribution < 1.29 is 29.0 Å². The lowest BCUT2D eigenvalue weighted by Gasteiger charge is -2.18. The van der Waals surface area contributed by atoms with Crippen molar-refractivity contribution in [2.45, 2.75) is 43.4 Å². The number of fused-ring (bicyclic) bond motifs is 3. The standard InChI is InChI=1S/C26H28N2O6/c1-2-7-22(25(30)31)28-24(29)23-13-12-16(34-23)14-27-26(32)33-15-21-19-10-5-3-8-17(19)18-9-4-6-11-20(18)21/h2-6,8-11,16,21-23H,1,7,12-15H2,(H,27,32)(H,28,29)(H,30,31). The minimum atomic E-state index is -1.13. The molecule has 2 aliphatic rings. The molecule has 0 bridgehead atoms. The Balaban J connectivity index is 1.24. The molecule has 178 valence electrons. The fourth-order valence-corrected chi connectivity index (χ4v) is 4.55. The molecular formula is C26H28N2O6. The van der Waals surface area contributed by atoms with Gasteiger partial charge in [-0.2, -0.15) is 0 Å². The van der Waals surface area contributed by atoms with Gasteiger partial charge in [0, 0.05) is 12.5 Å². The van der Waals surface area contributed by atoms with Gasteiger partial charge in [0.1, 0.15) is 18.8 Å². The second kappa shape index (κ2) is 10.5. The molecule has 0 spiro atoms. The monoisotopic (exact) mass is 464 g/mol. The number of carboxylic acids is 1. The molecule has 3 atom stereocenters. The van der Waals surface area contributed by atoms with Gasteiger partial charge in [0.2, 0.25) is 5.91 Å². The van der Waals surface area contributed by atoms with Gasteiger partial charge in [0.05, 0.1) is 6.10 Å². The number of hydrogen-bond acceptors (Lipinski definition) is 5. The zero-order valence-corrected chi connectivity index (χ0v) is 18.7. The average molecular weight is 465 g/mol. The molecule has 8 heteroatoms. The van der Waals surface area contributed by atoms with E-state index >= 15 is 0 Å². The minimum absolute atomic E-state index is 0.0216. The Morgan fingerprint density at radius 2 is 1.74 bits per heavy atom. The van der Waals surface area contributed by atoms with Crippen molar-refractivity contribution in [1.82, 2.24) is 10.6 Å². The van der Waals surface area contributed by atoms with Gasteiger partial charge < -0.3 is 25.2 Å². The summed E-state index contributed by atoms with van der Waals surface area (Å²) >= 11 is 0. The van der Waals surface area contributed by atoms with Crippen molar-refractivity contribution in [3.63, 3.8) is 0 Å². The zero-order valence-electron chi connectivity index (χ0n) is 18.7. The summed E-state index contributed by atoms with van der Waals surface area (Å²) in [5, 5.41) is 14.3. The van der Waals surface area contributed by atoms with Gasteiger partial charge in [0.25, 0.3) is 0 Å². The van der Waals surface area contributed by atoms with Crippen LogP contribution < -0.4 is 10.6 Å². The molecule has 34 heavy (non-hydrogen) atoms. The highest BCUT2D eigenvalue weighted by atomic mass is 16.5. The summed E-state index contributed by atoms with van der Waals surface area (Å²) in [5.41, 5.74) is 4.60. The number of rotatable bonds is 9. The van der Waals surface area contributed by atoms with Crippen LogP contribution in [-0.4, -0.2) is 54.5 Å². The summed E-state index contributed by atoms with van der Waals surface area (Å²) in [5.74, 6) is -1.62. The molecular weight excluding hydrogens is 436 g/mol. The lowest BCUT2D eigenvalue weighted by Crippen LogP contribution is -2.45. The number of ether oxygens (including phenoxy) is 2. The summed E-state index contributed by atoms with van der Waals surface area (Å²) in [6.07, 6.45) is 0.940. The quantitative estimate of drug-likeness (QED) is 0.491. The third-order valence-electron chi connectivity index (χ3n) is 6.23. The van der Waals surface area contributed by atoms with E-state index in [1.807, 2.05) is 24.3 Å². The molecule has 2 aromatic rings. The van der Waals surface area contributed by atoms with Crippen LogP contribution in [0.3, 0.4) is 0 Å². The maximum Gasteiger partial charge on any atom is 0.407 e. The number of amides is 2. The Morgan fingerprint density at radius 1 is 1.09 bits per heavy atom. The molecule has 3 N–H and O–H groups in total. The Morgan fingerprint density at radius 3 is 2.35 bits per heavy atom. The predicted octanol–water partition coefficient (Wildman–Crippen LogP) is 3.22. The summed E-state index contributed by atoms with van der Waals surface area (Å²) in [6, 6.07) is 15.2. The topological polar surface area (TPSA) is 114 Å². The van der Waals surface area contributed by atoms with E-state index in [4.69, 9.17) is 14.6 Å². The van der Waals surface area contributed by atoms with Gasteiger partial charge in [-0.1, -0.05) is 54.6 Å². The second-order valence-corrected chi connectivity index (χ2v) is 8.45. The van der Waals surface area contributed by atoms with Crippen molar-refractivity contribution in [2.24, 2.45) is 0 Å². The normalized spacial score (nSPS) is 19.5. The van der Waals surface area contributed by atoms with E-state index in [9.17, 15) is 14.4 Å². The summed E-state index contributed by atoms with van der Waals surface area (Å²) in [7, 11) is 0. The van der Waals surface area contributed by atoms with Crippen LogP contribution in [0.2, 0.25) is 0 Å². The summed E-state index contributed by atoms with van der Waals surface area (Å²) in [6.45, 7) is 3.93. The molecule has 3 unspecified atom stereocenters. The van der Waals surface area contributed by atoms with Crippen LogP contribution in [0.25, 0.3) is 11.1 Å². The Kier molecular flexibility index (Phi) is 7.27. The number of aliphatic carboxylic acids is 1. The van der Waals surface area contributed by atoms with E-state index in [2.05, 4.69) is 41.5 Å². The van der Waals surface area contributed by atoms with Crippen LogP contribution in [0.15, 0.2) is 61.2 Å². The van der Waals surface area contributed by atoms with Crippen LogP contribution in [0, 0.1) is 0 Å². The maximum atomic E-state index is 12.3. The summed E-state index contributed by atoms with van der Waals surface area (Å²) < 4.78 is 11.2. The van der Waals surface area contributed by atoms with Gasteiger partial charge in [0.15, 0.2) is 0 Å². The SMILES string of the molecule is C=CCC(NC(=O)C1CCC(CNC(=O)OCC2c3ccccc3-c3ccccc32)O1)C(=O)O. The van der Waals surface area contributed by atoms with E-state index in [0.717, 1.165) is 22.3 Å². The van der Waals surface area contributed by atoms with E-state index in [1.165, 1.54) is 6.08 Å². The van der Waals surface area contributed by atoms with E-state index < -0.39 is 30.1 Å². The lowest BCUT2D eigenvalue weighted by atomic mass is 9.98. The summed E-state index contributed by atoms with van der Waals surface area (Å²) in [4.78, 5) is 35.9. The molecule has 4 rings (SSSR count). The average Bonchev–Trinajstić information content (AvgIpc) is 3.44. The van der Waals surface area contributed by atoms with Gasteiger partial charge in [-0.15, -0.1) is 6.58 Å². The molecule has 0 aromatic heterocycles.